The van der Waals surface area contributed by atoms with Crippen molar-refractivity contribution in [3.63, 3.8) is 0 Å². The van der Waals surface area contributed by atoms with Crippen LogP contribution in [0.15, 0.2) is 0 Å². The molecule has 1 aliphatic carbocycles. The molecule has 0 saturated heterocycles. The fraction of sp³-hybridized carbons (Fsp3) is 1.00. The van der Waals surface area contributed by atoms with E-state index in [-0.39, 0.29) is 0 Å². The molecule has 0 spiro atoms. The highest BCUT2D eigenvalue weighted by Gasteiger charge is 2.20. The lowest BCUT2D eigenvalue weighted by Gasteiger charge is -2.20. The summed E-state index contributed by atoms with van der Waals surface area (Å²) in [7, 11) is 0. The van der Waals surface area contributed by atoms with E-state index in [4.69, 9.17) is 0 Å². The Morgan fingerprint density at radius 3 is 2.64 bits per heavy atom. The molecule has 14 heavy (non-hydrogen) atoms. The first-order valence-electron chi connectivity index (χ1n) is 6.07. The predicted molar refractivity (Wildman–Crippen MR) is 67.0 cm³/mol. The van der Waals surface area contributed by atoms with Gasteiger partial charge in [0, 0.05) is 6.04 Å². The van der Waals surface area contributed by atoms with Gasteiger partial charge in [-0.05, 0) is 57.1 Å². The monoisotopic (exact) mass is 215 g/mol. The average Bonchev–Trinajstić information content (AvgIpc) is 2.70. The lowest BCUT2D eigenvalue weighted by atomic mass is 10.00. The van der Waals surface area contributed by atoms with E-state index in [0.717, 1.165) is 12.0 Å². The first-order valence-corrected chi connectivity index (χ1v) is 7.46. The molecule has 2 heteroatoms. The van der Waals surface area contributed by atoms with Gasteiger partial charge in [0.05, 0.1) is 0 Å². The zero-order chi connectivity index (χ0) is 10.2. The standard InChI is InChI=1S/C12H25NS/c1-11(12-7-3-4-8-12)13-9-5-6-10-14-2/h11-13H,3-10H2,1-2H3. The van der Waals surface area contributed by atoms with Gasteiger partial charge < -0.3 is 5.32 Å². The Morgan fingerprint density at radius 1 is 1.29 bits per heavy atom. The van der Waals surface area contributed by atoms with E-state index in [2.05, 4.69) is 18.5 Å². The van der Waals surface area contributed by atoms with E-state index in [1.807, 2.05) is 11.8 Å². The Bertz CT molecular complexity index is 132. The lowest BCUT2D eigenvalue weighted by molar-refractivity contribution is 0.380. The molecule has 1 nitrogen and oxygen atoms in total. The van der Waals surface area contributed by atoms with Gasteiger partial charge in [0.1, 0.15) is 0 Å². The third-order valence-electron chi connectivity index (χ3n) is 3.35. The second-order valence-electron chi connectivity index (χ2n) is 4.49. The van der Waals surface area contributed by atoms with Crippen LogP contribution in [0.25, 0.3) is 0 Å². The first kappa shape index (κ1) is 12.4. The Morgan fingerprint density at radius 2 is 2.00 bits per heavy atom. The minimum absolute atomic E-state index is 0.756. The van der Waals surface area contributed by atoms with Gasteiger partial charge >= 0.3 is 0 Å². The normalized spacial score (nSPS) is 20.1. The van der Waals surface area contributed by atoms with Crippen LogP contribution in [0.2, 0.25) is 0 Å². The quantitative estimate of drug-likeness (QED) is 0.654. The minimum atomic E-state index is 0.756. The van der Waals surface area contributed by atoms with Crippen molar-refractivity contribution in [1.82, 2.24) is 5.32 Å². The molecule has 1 atom stereocenters. The minimum Gasteiger partial charge on any atom is -0.314 e. The van der Waals surface area contributed by atoms with Crippen LogP contribution >= 0.6 is 11.8 Å². The largest absolute Gasteiger partial charge is 0.314 e. The molecule has 0 amide bonds. The second-order valence-corrected chi connectivity index (χ2v) is 5.47. The van der Waals surface area contributed by atoms with Crippen LogP contribution in [-0.2, 0) is 0 Å². The van der Waals surface area contributed by atoms with E-state index in [1.54, 1.807) is 0 Å². The number of unbranched alkanes of at least 4 members (excludes halogenated alkanes) is 1. The first-order chi connectivity index (χ1) is 6.84. The van der Waals surface area contributed by atoms with Crippen molar-refractivity contribution in [1.29, 1.82) is 0 Å². The molecule has 84 valence electrons. The molecule has 1 rings (SSSR count). The van der Waals surface area contributed by atoms with Crippen LogP contribution in [-0.4, -0.2) is 24.6 Å². The van der Waals surface area contributed by atoms with Crippen molar-refractivity contribution < 1.29 is 0 Å². The Labute approximate surface area is 93.4 Å². The van der Waals surface area contributed by atoms with Crippen molar-refractivity contribution in [3.05, 3.63) is 0 Å². The summed E-state index contributed by atoms with van der Waals surface area (Å²) in [6, 6.07) is 0.756. The van der Waals surface area contributed by atoms with Gasteiger partial charge in [-0.25, -0.2) is 0 Å². The van der Waals surface area contributed by atoms with Gasteiger partial charge in [-0.3, -0.25) is 0 Å². The van der Waals surface area contributed by atoms with E-state index >= 15 is 0 Å². The van der Waals surface area contributed by atoms with Gasteiger partial charge in [0.15, 0.2) is 0 Å². The number of nitrogens with one attached hydrogen (secondary N) is 1. The molecule has 0 aromatic rings. The van der Waals surface area contributed by atoms with Gasteiger partial charge in [-0.15, -0.1) is 0 Å². The molecule has 1 fully saturated rings. The van der Waals surface area contributed by atoms with Crippen molar-refractivity contribution in [3.8, 4) is 0 Å². The maximum absolute atomic E-state index is 3.67. The zero-order valence-corrected chi connectivity index (χ0v) is 10.5. The number of hydrogen-bond donors (Lipinski definition) is 1. The molecule has 0 aromatic heterocycles. The third kappa shape index (κ3) is 4.70. The summed E-state index contributed by atoms with van der Waals surface area (Å²) in [5, 5.41) is 3.67. The fourth-order valence-electron chi connectivity index (χ4n) is 2.33. The molecular weight excluding hydrogens is 190 g/mol. The molecule has 1 N–H and O–H groups in total. The van der Waals surface area contributed by atoms with Gasteiger partial charge in [-0.2, -0.15) is 11.8 Å². The van der Waals surface area contributed by atoms with Crippen LogP contribution in [0.1, 0.15) is 45.4 Å². The highest BCUT2D eigenvalue weighted by Crippen LogP contribution is 2.27. The SMILES string of the molecule is CSCCCCNC(C)C1CCCC1. The third-order valence-corrected chi connectivity index (χ3v) is 4.05. The van der Waals surface area contributed by atoms with Crippen LogP contribution in [0.3, 0.4) is 0 Å². The van der Waals surface area contributed by atoms with E-state index in [0.29, 0.717) is 0 Å². The molecule has 0 heterocycles. The molecule has 0 radical (unpaired) electrons. The van der Waals surface area contributed by atoms with Crippen molar-refractivity contribution in [2.75, 3.05) is 18.6 Å². The maximum Gasteiger partial charge on any atom is 0.00669 e. The van der Waals surface area contributed by atoms with Crippen LogP contribution < -0.4 is 5.32 Å². The molecule has 1 saturated carbocycles. The topological polar surface area (TPSA) is 12.0 Å². The Hall–Kier alpha value is 0.310. The molecule has 0 aliphatic heterocycles. The highest BCUT2D eigenvalue weighted by molar-refractivity contribution is 7.98. The van der Waals surface area contributed by atoms with Gasteiger partial charge in [-0.1, -0.05) is 12.8 Å². The fourth-order valence-corrected chi connectivity index (χ4v) is 2.82. The summed E-state index contributed by atoms with van der Waals surface area (Å²) in [5.41, 5.74) is 0. The van der Waals surface area contributed by atoms with Gasteiger partial charge in [0.2, 0.25) is 0 Å². The number of rotatable bonds is 7. The number of thioether (sulfide) groups is 1. The number of hydrogen-bond acceptors (Lipinski definition) is 2. The van der Waals surface area contributed by atoms with E-state index in [1.165, 1.54) is 50.8 Å². The van der Waals surface area contributed by atoms with Gasteiger partial charge in [0.25, 0.3) is 0 Å². The predicted octanol–water partition coefficient (Wildman–Crippen LogP) is 3.30. The summed E-state index contributed by atoms with van der Waals surface area (Å²) in [5.74, 6) is 2.29. The van der Waals surface area contributed by atoms with Crippen molar-refractivity contribution in [2.45, 2.75) is 51.5 Å². The Balaban J connectivity index is 1.94. The molecule has 1 aliphatic rings. The van der Waals surface area contributed by atoms with Crippen molar-refractivity contribution in [2.24, 2.45) is 5.92 Å². The smallest absolute Gasteiger partial charge is 0.00669 e. The summed E-state index contributed by atoms with van der Waals surface area (Å²) in [6.45, 7) is 3.59. The van der Waals surface area contributed by atoms with Crippen LogP contribution in [0.5, 0.6) is 0 Å². The van der Waals surface area contributed by atoms with E-state index in [9.17, 15) is 0 Å². The highest BCUT2D eigenvalue weighted by atomic mass is 32.2. The summed E-state index contributed by atoms with van der Waals surface area (Å²) in [6.07, 6.45) is 10.7. The van der Waals surface area contributed by atoms with Crippen LogP contribution in [0.4, 0.5) is 0 Å². The second kappa shape index (κ2) is 7.58. The zero-order valence-electron chi connectivity index (χ0n) is 9.72. The Kier molecular flexibility index (Phi) is 6.70. The molecule has 0 aromatic carbocycles. The lowest BCUT2D eigenvalue weighted by Crippen LogP contribution is -2.32. The van der Waals surface area contributed by atoms with Crippen LogP contribution in [0, 0.1) is 5.92 Å². The maximum atomic E-state index is 3.67. The summed E-state index contributed by atoms with van der Waals surface area (Å²) < 4.78 is 0. The molecular formula is C12H25NS. The van der Waals surface area contributed by atoms with E-state index < -0.39 is 0 Å². The molecule has 0 bridgehead atoms. The average molecular weight is 215 g/mol. The summed E-state index contributed by atoms with van der Waals surface area (Å²) >= 11 is 1.96. The summed E-state index contributed by atoms with van der Waals surface area (Å²) in [4.78, 5) is 0. The molecule has 1 unspecified atom stereocenters. The van der Waals surface area contributed by atoms with Crippen molar-refractivity contribution >= 4 is 11.8 Å².